The van der Waals surface area contributed by atoms with E-state index in [0.29, 0.717) is 4.91 Å². The van der Waals surface area contributed by atoms with Crippen molar-refractivity contribution in [3.05, 3.63) is 35.0 Å². The summed E-state index contributed by atoms with van der Waals surface area (Å²) in [6.45, 7) is 0. The van der Waals surface area contributed by atoms with Crippen LogP contribution in [0, 0.1) is 0 Å². The molecule has 0 aromatic carbocycles. The zero-order valence-corrected chi connectivity index (χ0v) is 7.54. The van der Waals surface area contributed by atoms with Crippen LogP contribution in [0.3, 0.4) is 0 Å². The summed E-state index contributed by atoms with van der Waals surface area (Å²) in [7, 11) is 0. The normalized spacial score (nSPS) is 11.2. The highest BCUT2D eigenvalue weighted by Gasteiger charge is 1.91. The molecular formula is C9H9NOS. The molecular weight excluding hydrogens is 170 g/mol. The molecule has 0 amide bonds. The first-order valence-corrected chi connectivity index (χ1v) is 4.70. The molecule has 1 aromatic rings. The fourth-order valence-corrected chi connectivity index (χ4v) is 1.12. The maximum atomic E-state index is 10.4. The van der Waals surface area contributed by atoms with Crippen molar-refractivity contribution in [2.45, 2.75) is 0 Å². The van der Waals surface area contributed by atoms with E-state index in [0.717, 1.165) is 11.8 Å². The molecule has 3 heteroatoms. The predicted molar refractivity (Wildman–Crippen MR) is 51.8 cm³/mol. The number of aldehydes is 1. The lowest BCUT2D eigenvalue weighted by molar-refractivity contribution is -0.104. The van der Waals surface area contributed by atoms with Gasteiger partial charge in [0.05, 0.1) is 0 Å². The summed E-state index contributed by atoms with van der Waals surface area (Å²) in [6, 6.07) is 3.75. The summed E-state index contributed by atoms with van der Waals surface area (Å²) in [5.74, 6) is 0. The van der Waals surface area contributed by atoms with Gasteiger partial charge >= 0.3 is 0 Å². The summed E-state index contributed by atoms with van der Waals surface area (Å²) in [5, 5.41) is 0. The zero-order chi connectivity index (χ0) is 8.81. The quantitative estimate of drug-likeness (QED) is 0.525. The molecule has 0 aliphatic carbocycles. The summed E-state index contributed by atoms with van der Waals surface area (Å²) in [6.07, 6.45) is 7.95. The van der Waals surface area contributed by atoms with Gasteiger partial charge in [0.1, 0.15) is 0 Å². The molecule has 1 aromatic heterocycles. The topological polar surface area (TPSA) is 30.0 Å². The van der Waals surface area contributed by atoms with Crippen LogP contribution in [0.4, 0.5) is 0 Å². The maximum absolute atomic E-state index is 10.4. The third-order valence-electron chi connectivity index (χ3n) is 1.35. The van der Waals surface area contributed by atoms with Gasteiger partial charge in [-0.3, -0.25) is 9.78 Å². The summed E-state index contributed by atoms with van der Waals surface area (Å²) in [5.41, 5.74) is 0.953. The number of carbonyl (C=O) groups excluding carboxylic acids is 1. The minimum absolute atomic E-state index is 0.711. The van der Waals surface area contributed by atoms with Gasteiger partial charge < -0.3 is 0 Å². The molecule has 0 bridgehead atoms. The van der Waals surface area contributed by atoms with Crippen LogP contribution < -0.4 is 0 Å². The second-order valence-corrected chi connectivity index (χ2v) is 3.03. The Morgan fingerprint density at radius 3 is 3.00 bits per heavy atom. The van der Waals surface area contributed by atoms with E-state index in [1.165, 1.54) is 11.8 Å². The van der Waals surface area contributed by atoms with E-state index in [4.69, 9.17) is 0 Å². The van der Waals surface area contributed by atoms with Crippen molar-refractivity contribution in [2.24, 2.45) is 0 Å². The Balaban J connectivity index is 2.86. The molecule has 0 saturated carbocycles. The van der Waals surface area contributed by atoms with Gasteiger partial charge in [-0.2, -0.15) is 0 Å². The third kappa shape index (κ3) is 2.51. The molecule has 1 heterocycles. The first-order valence-electron chi connectivity index (χ1n) is 3.47. The molecule has 62 valence electrons. The molecule has 1 rings (SSSR count). The molecule has 0 N–H and O–H groups in total. The molecule has 0 atom stereocenters. The van der Waals surface area contributed by atoms with Gasteiger partial charge in [-0.1, -0.05) is 6.07 Å². The van der Waals surface area contributed by atoms with Gasteiger partial charge in [0, 0.05) is 17.3 Å². The van der Waals surface area contributed by atoms with Gasteiger partial charge in [0.2, 0.25) is 0 Å². The molecule has 0 spiro atoms. The first-order chi connectivity index (χ1) is 5.86. The van der Waals surface area contributed by atoms with Gasteiger partial charge in [-0.25, -0.2) is 0 Å². The molecule has 12 heavy (non-hydrogen) atoms. The number of aromatic nitrogens is 1. The minimum Gasteiger partial charge on any atom is -0.297 e. The number of thioether (sulfide) groups is 1. The van der Waals surface area contributed by atoms with Crippen LogP contribution >= 0.6 is 11.8 Å². The Labute approximate surface area is 75.7 Å². The number of nitrogens with zero attached hydrogens (tertiary/aromatic N) is 1. The highest BCUT2D eigenvalue weighted by Crippen LogP contribution is 2.12. The van der Waals surface area contributed by atoms with E-state index in [9.17, 15) is 4.79 Å². The Kier molecular flexibility index (Phi) is 3.54. The van der Waals surface area contributed by atoms with Gasteiger partial charge in [0.15, 0.2) is 6.29 Å². The fourth-order valence-electron chi connectivity index (χ4n) is 0.767. The Morgan fingerprint density at radius 2 is 2.50 bits per heavy atom. The van der Waals surface area contributed by atoms with Crippen LogP contribution in [0.2, 0.25) is 0 Å². The summed E-state index contributed by atoms with van der Waals surface area (Å²) >= 11 is 1.43. The lowest BCUT2D eigenvalue weighted by atomic mass is 10.3. The van der Waals surface area contributed by atoms with Crippen LogP contribution in [-0.2, 0) is 4.79 Å². The lowest BCUT2D eigenvalue weighted by Crippen LogP contribution is -1.79. The maximum Gasteiger partial charge on any atom is 0.156 e. The highest BCUT2D eigenvalue weighted by molar-refractivity contribution is 8.03. The summed E-state index contributed by atoms with van der Waals surface area (Å²) in [4.78, 5) is 15.1. The van der Waals surface area contributed by atoms with E-state index < -0.39 is 0 Å². The van der Waals surface area contributed by atoms with Crippen LogP contribution in [0.15, 0.2) is 29.4 Å². The van der Waals surface area contributed by atoms with Gasteiger partial charge in [-0.05, 0) is 24.0 Å². The van der Waals surface area contributed by atoms with Gasteiger partial charge in [0.25, 0.3) is 0 Å². The van der Waals surface area contributed by atoms with Crippen molar-refractivity contribution in [3.63, 3.8) is 0 Å². The van der Waals surface area contributed by atoms with E-state index >= 15 is 0 Å². The standard InChI is InChI=1S/C9H9NOS/c1-12-9(7-11)5-8-3-2-4-10-6-8/h2-7H,1H3/b9-5-. The SMILES string of the molecule is CS/C(C=O)=C\c1cccnc1. The molecule has 0 aliphatic rings. The van der Waals surface area contributed by atoms with Crippen molar-refractivity contribution in [3.8, 4) is 0 Å². The Hall–Kier alpha value is -1.09. The molecule has 0 saturated heterocycles. The average Bonchev–Trinajstić information content (AvgIpc) is 2.16. The molecule has 0 unspecified atom stereocenters. The largest absolute Gasteiger partial charge is 0.297 e. The molecule has 2 nitrogen and oxygen atoms in total. The van der Waals surface area contributed by atoms with Crippen LogP contribution in [0.1, 0.15) is 5.56 Å². The molecule has 0 fully saturated rings. The summed E-state index contributed by atoms with van der Waals surface area (Å²) < 4.78 is 0. The van der Waals surface area contributed by atoms with Crippen LogP contribution in [-0.4, -0.2) is 17.5 Å². The van der Waals surface area contributed by atoms with Crippen molar-refractivity contribution in [2.75, 3.05) is 6.26 Å². The third-order valence-corrected chi connectivity index (χ3v) is 2.03. The molecule has 0 radical (unpaired) electrons. The van der Waals surface area contributed by atoms with E-state index in [1.807, 2.05) is 24.5 Å². The lowest BCUT2D eigenvalue weighted by Gasteiger charge is -1.93. The van der Waals surface area contributed by atoms with Crippen molar-refractivity contribution in [1.82, 2.24) is 4.98 Å². The van der Waals surface area contributed by atoms with Crippen molar-refractivity contribution < 1.29 is 4.79 Å². The average molecular weight is 179 g/mol. The Bertz CT molecular complexity index is 282. The predicted octanol–water partition coefficient (Wildman–Crippen LogP) is 1.98. The highest BCUT2D eigenvalue weighted by atomic mass is 32.2. The van der Waals surface area contributed by atoms with E-state index in [2.05, 4.69) is 4.98 Å². The van der Waals surface area contributed by atoms with Gasteiger partial charge in [-0.15, -0.1) is 11.8 Å². The zero-order valence-electron chi connectivity index (χ0n) is 6.73. The minimum atomic E-state index is 0.711. The number of hydrogen-bond donors (Lipinski definition) is 0. The first kappa shape index (κ1) is 9.00. The fraction of sp³-hybridized carbons (Fsp3) is 0.111. The second-order valence-electron chi connectivity index (χ2n) is 2.16. The van der Waals surface area contributed by atoms with Crippen LogP contribution in [0.25, 0.3) is 6.08 Å². The van der Waals surface area contributed by atoms with E-state index in [1.54, 1.807) is 12.4 Å². The number of carbonyl (C=O) groups is 1. The number of allylic oxidation sites excluding steroid dienone is 1. The van der Waals surface area contributed by atoms with Crippen molar-refractivity contribution in [1.29, 1.82) is 0 Å². The second kappa shape index (κ2) is 4.72. The smallest absolute Gasteiger partial charge is 0.156 e. The number of pyridine rings is 1. The number of hydrogen-bond acceptors (Lipinski definition) is 3. The molecule has 0 aliphatic heterocycles. The van der Waals surface area contributed by atoms with E-state index in [-0.39, 0.29) is 0 Å². The number of rotatable bonds is 3. The monoisotopic (exact) mass is 179 g/mol. The van der Waals surface area contributed by atoms with Crippen molar-refractivity contribution >= 4 is 24.1 Å². The van der Waals surface area contributed by atoms with Crippen LogP contribution in [0.5, 0.6) is 0 Å². The Morgan fingerprint density at radius 1 is 1.67 bits per heavy atom.